The fourth-order valence-corrected chi connectivity index (χ4v) is 4.62. The van der Waals surface area contributed by atoms with Gasteiger partial charge in [-0.25, -0.2) is 4.79 Å². The molecule has 0 unspecified atom stereocenters. The van der Waals surface area contributed by atoms with E-state index in [0.29, 0.717) is 35.4 Å². The van der Waals surface area contributed by atoms with E-state index in [0.717, 1.165) is 0 Å². The van der Waals surface area contributed by atoms with Crippen molar-refractivity contribution in [3.8, 4) is 0 Å². The maximum atomic E-state index is 13.7. The fourth-order valence-electron chi connectivity index (χ4n) is 4.62. The highest BCUT2D eigenvalue weighted by Crippen LogP contribution is 2.46. The summed E-state index contributed by atoms with van der Waals surface area (Å²) in [6, 6.07) is 4.65. The van der Waals surface area contributed by atoms with Gasteiger partial charge in [-0.1, -0.05) is 26.0 Å². The van der Waals surface area contributed by atoms with Gasteiger partial charge in [0.2, 0.25) is 0 Å². The number of nitro groups is 1. The second-order valence-electron chi connectivity index (χ2n) is 8.96. The second-order valence-corrected chi connectivity index (χ2v) is 8.96. The Balaban J connectivity index is 2.23. The largest absolute Gasteiger partial charge is 0.468 e. The summed E-state index contributed by atoms with van der Waals surface area (Å²) in [5, 5.41) is 14.8. The van der Waals surface area contributed by atoms with E-state index in [1.807, 2.05) is 6.92 Å². The van der Waals surface area contributed by atoms with Crippen LogP contribution in [0.2, 0.25) is 0 Å². The molecule has 3 rings (SSSR count). The highest BCUT2D eigenvalue weighted by Gasteiger charge is 2.47. The molecule has 1 aliphatic carbocycles. The summed E-state index contributed by atoms with van der Waals surface area (Å²) in [4.78, 5) is 50.6. The van der Waals surface area contributed by atoms with Gasteiger partial charge in [-0.2, -0.15) is 0 Å². The number of nitro benzene ring substituents is 1. The van der Waals surface area contributed by atoms with E-state index in [9.17, 15) is 24.5 Å². The van der Waals surface area contributed by atoms with E-state index in [4.69, 9.17) is 9.47 Å². The van der Waals surface area contributed by atoms with Crippen LogP contribution in [0.15, 0.2) is 40.7 Å². The van der Waals surface area contributed by atoms with Gasteiger partial charge in [0.25, 0.3) is 5.69 Å². The maximum absolute atomic E-state index is 13.7. The molecule has 0 fully saturated rings. The number of nitrogens with zero attached hydrogens (tertiary/aromatic N) is 1. The van der Waals surface area contributed by atoms with E-state index in [2.05, 4.69) is 5.32 Å². The first-order valence-electron chi connectivity index (χ1n) is 11.3. The molecule has 0 aromatic heterocycles. The lowest BCUT2D eigenvalue weighted by molar-refractivity contribution is -0.385. The van der Waals surface area contributed by atoms with E-state index >= 15 is 0 Å². The molecule has 1 aliphatic heterocycles. The quantitative estimate of drug-likeness (QED) is 0.288. The SMILES string of the molecule is CC[C@@H](C)OC(=O)C1=C(C)NC2=C(C(=O)[C@@H](C(=O)OC)[C@@H](C)C2)[C@@H]1c1ccc(C)c([N+](=O)[O-])c1. The van der Waals surface area contributed by atoms with Crippen LogP contribution in [-0.4, -0.2) is 35.9 Å². The predicted octanol–water partition coefficient (Wildman–Crippen LogP) is 3.86. The van der Waals surface area contributed by atoms with Crippen molar-refractivity contribution in [2.24, 2.45) is 11.8 Å². The van der Waals surface area contributed by atoms with Crippen molar-refractivity contribution in [2.45, 2.75) is 59.5 Å². The first kappa shape index (κ1) is 25.1. The molecule has 0 saturated heterocycles. The Morgan fingerprint density at radius 1 is 1.29 bits per heavy atom. The Kier molecular flexibility index (Phi) is 7.24. The highest BCUT2D eigenvalue weighted by atomic mass is 16.6. The molecule has 0 saturated carbocycles. The van der Waals surface area contributed by atoms with Gasteiger partial charge < -0.3 is 14.8 Å². The van der Waals surface area contributed by atoms with E-state index in [1.54, 1.807) is 39.8 Å². The zero-order valence-corrected chi connectivity index (χ0v) is 20.3. The lowest BCUT2D eigenvalue weighted by Crippen LogP contribution is -2.43. The van der Waals surface area contributed by atoms with Crippen LogP contribution in [0.3, 0.4) is 0 Å². The maximum Gasteiger partial charge on any atom is 0.337 e. The number of benzene rings is 1. The number of carbonyl (C=O) groups is 3. The molecule has 9 nitrogen and oxygen atoms in total. The number of Topliss-reactive ketones (excluding diaryl/α,β-unsaturated/α-hetero) is 1. The molecule has 0 bridgehead atoms. The average Bonchev–Trinajstić information content (AvgIpc) is 2.77. The molecule has 0 radical (unpaired) electrons. The Bertz CT molecular complexity index is 1120. The Morgan fingerprint density at radius 3 is 2.56 bits per heavy atom. The molecular weight excluding hydrogens is 440 g/mol. The smallest absolute Gasteiger partial charge is 0.337 e. The third kappa shape index (κ3) is 4.47. The van der Waals surface area contributed by atoms with Gasteiger partial charge in [0, 0.05) is 34.5 Å². The standard InChI is InChI=1S/C25H30N2O7/c1-7-14(4)34-25(30)20-15(5)26-17-10-13(3)19(24(29)33-6)23(28)22(17)21(20)16-9-8-12(2)18(11-16)27(31)32/h8-9,11,13-14,19,21,26H,7,10H2,1-6H3/t13-,14+,19-,21+/m0/s1. The van der Waals surface area contributed by atoms with Crippen molar-refractivity contribution in [3.63, 3.8) is 0 Å². The van der Waals surface area contributed by atoms with Crippen LogP contribution in [0.5, 0.6) is 0 Å². The summed E-state index contributed by atoms with van der Waals surface area (Å²) in [7, 11) is 1.23. The van der Waals surface area contributed by atoms with Crippen LogP contribution in [0.25, 0.3) is 0 Å². The molecule has 1 aromatic carbocycles. The third-order valence-electron chi connectivity index (χ3n) is 6.61. The molecular formula is C25H30N2O7. The Labute approximate surface area is 198 Å². The lowest BCUT2D eigenvalue weighted by Gasteiger charge is -2.38. The molecule has 1 aromatic rings. The number of carbonyl (C=O) groups excluding carboxylic acids is 3. The Morgan fingerprint density at radius 2 is 1.97 bits per heavy atom. The second kappa shape index (κ2) is 9.79. The molecule has 4 atom stereocenters. The number of aryl methyl sites for hydroxylation is 1. The monoisotopic (exact) mass is 470 g/mol. The van der Waals surface area contributed by atoms with Crippen molar-refractivity contribution >= 4 is 23.4 Å². The number of rotatable bonds is 6. The molecule has 0 amide bonds. The Hall–Kier alpha value is -3.49. The highest BCUT2D eigenvalue weighted by molar-refractivity contribution is 6.12. The number of methoxy groups -OCH3 is 1. The minimum Gasteiger partial charge on any atom is -0.468 e. The van der Waals surface area contributed by atoms with Crippen molar-refractivity contribution in [1.82, 2.24) is 5.32 Å². The van der Waals surface area contributed by atoms with E-state index in [1.165, 1.54) is 13.2 Å². The summed E-state index contributed by atoms with van der Waals surface area (Å²) in [6.45, 7) is 8.78. The van der Waals surface area contributed by atoms with Crippen molar-refractivity contribution < 1.29 is 28.8 Å². The molecule has 2 aliphatic rings. The van der Waals surface area contributed by atoms with Crippen LogP contribution < -0.4 is 5.32 Å². The molecule has 1 N–H and O–H groups in total. The van der Waals surface area contributed by atoms with Gasteiger partial charge in [0.05, 0.1) is 23.7 Å². The topological polar surface area (TPSA) is 125 Å². The zero-order valence-electron chi connectivity index (χ0n) is 20.3. The van der Waals surface area contributed by atoms with Crippen LogP contribution in [0.4, 0.5) is 5.69 Å². The van der Waals surface area contributed by atoms with Gasteiger partial charge in [0.15, 0.2) is 5.78 Å². The number of hydrogen-bond acceptors (Lipinski definition) is 8. The number of ketones is 1. The number of hydrogen-bond donors (Lipinski definition) is 1. The van der Waals surface area contributed by atoms with Crippen molar-refractivity contribution in [3.05, 3.63) is 62.0 Å². The minimum absolute atomic E-state index is 0.119. The van der Waals surface area contributed by atoms with Gasteiger partial charge in [0.1, 0.15) is 5.92 Å². The minimum atomic E-state index is -1.03. The van der Waals surface area contributed by atoms with Crippen LogP contribution in [0.1, 0.15) is 57.6 Å². The molecule has 1 heterocycles. The number of dihydropyridines is 1. The summed E-state index contributed by atoms with van der Waals surface area (Å²) in [5.74, 6) is -3.98. The van der Waals surface area contributed by atoms with Crippen molar-refractivity contribution in [2.75, 3.05) is 7.11 Å². The third-order valence-corrected chi connectivity index (χ3v) is 6.61. The zero-order chi connectivity index (χ0) is 25.3. The number of esters is 2. The number of allylic oxidation sites excluding steroid dienone is 3. The number of nitrogens with one attached hydrogen (secondary N) is 1. The van der Waals surface area contributed by atoms with Crippen LogP contribution in [-0.2, 0) is 23.9 Å². The van der Waals surface area contributed by atoms with Gasteiger partial charge >= 0.3 is 11.9 Å². The average molecular weight is 471 g/mol. The first-order valence-corrected chi connectivity index (χ1v) is 11.3. The summed E-state index contributed by atoms with van der Waals surface area (Å²) in [5.41, 5.74) is 2.30. The van der Waals surface area contributed by atoms with Crippen LogP contribution in [0, 0.1) is 28.9 Å². The van der Waals surface area contributed by atoms with E-state index in [-0.39, 0.29) is 28.9 Å². The van der Waals surface area contributed by atoms with Gasteiger partial charge in [-0.3, -0.25) is 19.7 Å². The van der Waals surface area contributed by atoms with Crippen LogP contribution >= 0.6 is 0 Å². The predicted molar refractivity (Wildman–Crippen MR) is 124 cm³/mol. The van der Waals surface area contributed by atoms with Gasteiger partial charge in [-0.05, 0) is 45.1 Å². The van der Waals surface area contributed by atoms with Crippen molar-refractivity contribution in [1.29, 1.82) is 0 Å². The molecule has 0 spiro atoms. The lowest BCUT2D eigenvalue weighted by atomic mass is 9.69. The summed E-state index contributed by atoms with van der Waals surface area (Å²) >= 11 is 0. The molecule has 34 heavy (non-hydrogen) atoms. The summed E-state index contributed by atoms with van der Waals surface area (Å²) in [6.07, 6.45) is 0.623. The normalized spacial score (nSPS) is 23.1. The first-order chi connectivity index (χ1) is 16.0. The molecule has 182 valence electrons. The summed E-state index contributed by atoms with van der Waals surface area (Å²) < 4.78 is 10.5. The number of ether oxygens (including phenoxy) is 2. The molecule has 9 heteroatoms. The van der Waals surface area contributed by atoms with E-state index < -0.39 is 34.5 Å². The fraction of sp³-hybridized carbons (Fsp3) is 0.480. The van der Waals surface area contributed by atoms with Gasteiger partial charge in [-0.15, -0.1) is 0 Å².